The molecule has 0 aliphatic carbocycles. The fourth-order valence-corrected chi connectivity index (χ4v) is 6.50. The highest BCUT2D eigenvalue weighted by Gasteiger charge is 2.27. The number of hydrogen-bond donors (Lipinski definition) is 2. The van der Waals surface area contributed by atoms with Crippen LogP contribution in [0.4, 0.5) is 10.9 Å². The molecule has 0 bridgehead atoms. The van der Waals surface area contributed by atoms with Gasteiger partial charge in [0.2, 0.25) is 0 Å². The minimum absolute atomic E-state index is 0.217. The molecule has 2 fully saturated rings. The zero-order valence-electron chi connectivity index (χ0n) is 22.8. The van der Waals surface area contributed by atoms with Gasteiger partial charge in [0.15, 0.2) is 5.13 Å². The van der Waals surface area contributed by atoms with E-state index < -0.39 is 5.97 Å². The smallest absolute Gasteiger partial charge is 0.306 e. The predicted molar refractivity (Wildman–Crippen MR) is 153 cm³/mol. The first-order chi connectivity index (χ1) is 18.8. The van der Waals surface area contributed by atoms with Crippen LogP contribution in [0.3, 0.4) is 0 Å². The molecule has 4 heterocycles. The third-order valence-electron chi connectivity index (χ3n) is 8.05. The summed E-state index contributed by atoms with van der Waals surface area (Å²) < 4.78 is 0. The summed E-state index contributed by atoms with van der Waals surface area (Å²) in [6.07, 6.45) is 7.78. The Morgan fingerprint density at radius 3 is 2.54 bits per heavy atom. The molecule has 3 aromatic rings. The lowest BCUT2D eigenvalue weighted by Crippen LogP contribution is -2.36. The van der Waals surface area contributed by atoms with Gasteiger partial charge in [0, 0.05) is 36.1 Å². The van der Waals surface area contributed by atoms with Gasteiger partial charge in [-0.3, -0.25) is 19.8 Å². The Labute approximate surface area is 233 Å². The molecule has 206 valence electrons. The van der Waals surface area contributed by atoms with Crippen LogP contribution in [0.1, 0.15) is 65.5 Å². The number of anilines is 2. The molecule has 9 nitrogen and oxygen atoms in total. The van der Waals surface area contributed by atoms with E-state index >= 15 is 0 Å². The molecular weight excluding hydrogens is 512 g/mol. The van der Waals surface area contributed by atoms with Crippen LogP contribution in [0.5, 0.6) is 0 Å². The summed E-state index contributed by atoms with van der Waals surface area (Å²) in [6, 6.07) is 6.99. The SMILES string of the molecule is CCC1CCCN1Cc1sc(NC(=O)c2cnc(N3CCC(C(=O)O)CC3)cn2)nc1-c1ccc(C)c(C)c1. The van der Waals surface area contributed by atoms with Gasteiger partial charge < -0.3 is 10.0 Å². The number of aliphatic carboxylic acids is 1. The lowest BCUT2D eigenvalue weighted by Gasteiger charge is -2.30. The number of carboxylic acids is 1. The van der Waals surface area contributed by atoms with E-state index in [9.17, 15) is 14.7 Å². The van der Waals surface area contributed by atoms with Crippen molar-refractivity contribution in [2.45, 2.75) is 65.5 Å². The molecule has 1 aromatic carbocycles. The molecule has 10 heteroatoms. The number of nitrogens with zero attached hydrogens (tertiary/aromatic N) is 5. The van der Waals surface area contributed by atoms with E-state index in [1.807, 2.05) is 4.90 Å². The maximum absolute atomic E-state index is 13.1. The number of carboxylic acid groups (broad SMARTS) is 1. The van der Waals surface area contributed by atoms with Gasteiger partial charge in [0.1, 0.15) is 11.5 Å². The fourth-order valence-electron chi connectivity index (χ4n) is 5.50. The molecule has 1 atom stereocenters. The van der Waals surface area contributed by atoms with Crippen molar-refractivity contribution in [2.75, 3.05) is 29.9 Å². The van der Waals surface area contributed by atoms with E-state index in [0.717, 1.165) is 35.6 Å². The first-order valence-corrected chi connectivity index (χ1v) is 14.6. The van der Waals surface area contributed by atoms with Crippen LogP contribution in [0.25, 0.3) is 11.3 Å². The van der Waals surface area contributed by atoms with Crippen LogP contribution < -0.4 is 10.2 Å². The zero-order valence-corrected chi connectivity index (χ0v) is 23.6. The maximum Gasteiger partial charge on any atom is 0.306 e. The highest BCUT2D eigenvalue weighted by Crippen LogP contribution is 2.35. The first-order valence-electron chi connectivity index (χ1n) is 13.7. The van der Waals surface area contributed by atoms with Crippen molar-refractivity contribution >= 4 is 34.2 Å². The number of aromatic nitrogens is 3. The Morgan fingerprint density at radius 1 is 1.08 bits per heavy atom. The second-order valence-corrected chi connectivity index (χ2v) is 11.7. The Hall–Kier alpha value is -3.37. The van der Waals surface area contributed by atoms with E-state index in [4.69, 9.17) is 4.98 Å². The van der Waals surface area contributed by atoms with Gasteiger partial charge in [0.25, 0.3) is 5.91 Å². The number of piperidine rings is 1. The number of hydrogen-bond acceptors (Lipinski definition) is 8. The van der Waals surface area contributed by atoms with Gasteiger partial charge in [-0.25, -0.2) is 15.0 Å². The number of carbonyl (C=O) groups excluding carboxylic acids is 1. The average Bonchev–Trinajstić information content (AvgIpc) is 3.57. The summed E-state index contributed by atoms with van der Waals surface area (Å²) in [5.74, 6) is -0.753. The van der Waals surface area contributed by atoms with Crippen molar-refractivity contribution in [2.24, 2.45) is 5.92 Å². The quantitative estimate of drug-likeness (QED) is 0.398. The summed E-state index contributed by atoms with van der Waals surface area (Å²) in [5.41, 5.74) is 4.66. The number of benzene rings is 1. The number of nitrogens with one attached hydrogen (secondary N) is 1. The van der Waals surface area contributed by atoms with Crippen LogP contribution in [0, 0.1) is 19.8 Å². The van der Waals surface area contributed by atoms with Gasteiger partial charge in [-0.15, -0.1) is 0 Å². The number of thiazole rings is 1. The van der Waals surface area contributed by atoms with E-state index in [0.29, 0.717) is 42.9 Å². The van der Waals surface area contributed by atoms with Crippen molar-refractivity contribution in [3.8, 4) is 11.3 Å². The second kappa shape index (κ2) is 11.8. The summed E-state index contributed by atoms with van der Waals surface area (Å²) in [6.45, 7) is 9.58. The predicted octanol–water partition coefficient (Wildman–Crippen LogP) is 5.14. The van der Waals surface area contributed by atoms with Crippen molar-refractivity contribution < 1.29 is 14.7 Å². The van der Waals surface area contributed by atoms with Crippen molar-refractivity contribution in [1.29, 1.82) is 0 Å². The van der Waals surface area contributed by atoms with Crippen LogP contribution in [-0.4, -0.2) is 62.5 Å². The largest absolute Gasteiger partial charge is 0.481 e. The second-order valence-electron chi connectivity index (χ2n) is 10.6. The molecule has 2 aliphatic rings. The highest BCUT2D eigenvalue weighted by molar-refractivity contribution is 7.16. The molecule has 5 rings (SSSR count). The van der Waals surface area contributed by atoms with Gasteiger partial charge in [-0.1, -0.05) is 30.4 Å². The summed E-state index contributed by atoms with van der Waals surface area (Å²) in [4.78, 5) is 43.7. The van der Waals surface area contributed by atoms with Crippen molar-refractivity contribution in [1.82, 2.24) is 19.9 Å². The van der Waals surface area contributed by atoms with Gasteiger partial charge in [0.05, 0.1) is 24.0 Å². The molecule has 39 heavy (non-hydrogen) atoms. The molecule has 2 aliphatic heterocycles. The Bertz CT molecular complexity index is 1330. The molecular formula is C29H36N6O3S. The number of amides is 1. The van der Waals surface area contributed by atoms with E-state index in [2.05, 4.69) is 59.2 Å². The van der Waals surface area contributed by atoms with E-state index in [-0.39, 0.29) is 17.5 Å². The van der Waals surface area contributed by atoms with Gasteiger partial charge >= 0.3 is 5.97 Å². The minimum Gasteiger partial charge on any atom is -0.481 e. The summed E-state index contributed by atoms with van der Waals surface area (Å²) >= 11 is 1.53. The third kappa shape index (κ3) is 6.12. The normalized spacial score (nSPS) is 18.4. The van der Waals surface area contributed by atoms with Crippen molar-refractivity contribution in [3.63, 3.8) is 0 Å². The number of likely N-dealkylation sites (tertiary alicyclic amines) is 1. The number of rotatable bonds is 8. The first kappa shape index (κ1) is 27.2. The van der Waals surface area contributed by atoms with Gasteiger partial charge in [-0.05, 0) is 69.7 Å². The lowest BCUT2D eigenvalue weighted by molar-refractivity contribution is -0.142. The molecule has 0 radical (unpaired) electrons. The standard InChI is InChI=1S/C29H36N6O3S/c1-4-22-6-5-11-35(22)17-24-26(21-8-7-18(2)19(3)14-21)32-29(39-24)33-27(36)23-15-31-25(16-30-23)34-12-9-20(10-13-34)28(37)38/h7-8,14-16,20,22H,4-6,9-13,17H2,1-3H3,(H,37,38)(H,32,33,36). The molecule has 0 spiro atoms. The number of aryl methyl sites for hydroxylation is 2. The van der Waals surface area contributed by atoms with Crippen LogP contribution in [-0.2, 0) is 11.3 Å². The third-order valence-corrected chi connectivity index (χ3v) is 9.01. The fraction of sp³-hybridized carbons (Fsp3) is 0.483. The molecule has 0 saturated carbocycles. The average molecular weight is 549 g/mol. The summed E-state index contributed by atoms with van der Waals surface area (Å²) in [5, 5.41) is 12.7. The highest BCUT2D eigenvalue weighted by atomic mass is 32.1. The van der Waals surface area contributed by atoms with Crippen LogP contribution >= 0.6 is 11.3 Å². The van der Waals surface area contributed by atoms with Crippen molar-refractivity contribution in [3.05, 3.63) is 52.3 Å². The summed E-state index contributed by atoms with van der Waals surface area (Å²) in [7, 11) is 0. The van der Waals surface area contributed by atoms with E-state index in [1.165, 1.54) is 41.5 Å². The minimum atomic E-state index is -0.746. The van der Waals surface area contributed by atoms with Gasteiger partial charge in [-0.2, -0.15) is 0 Å². The Morgan fingerprint density at radius 2 is 1.87 bits per heavy atom. The topological polar surface area (TPSA) is 112 Å². The maximum atomic E-state index is 13.1. The van der Waals surface area contributed by atoms with Crippen LogP contribution in [0.15, 0.2) is 30.6 Å². The van der Waals surface area contributed by atoms with E-state index in [1.54, 1.807) is 6.20 Å². The van der Waals surface area contributed by atoms with Crippen LogP contribution in [0.2, 0.25) is 0 Å². The molecule has 1 unspecified atom stereocenters. The monoisotopic (exact) mass is 548 g/mol. The lowest BCUT2D eigenvalue weighted by atomic mass is 9.97. The zero-order chi connectivity index (χ0) is 27.5. The Kier molecular flexibility index (Phi) is 8.23. The molecule has 1 amide bonds. The molecule has 2 saturated heterocycles. The number of carbonyl (C=O) groups is 2. The molecule has 2 aromatic heterocycles. The Balaban J connectivity index is 1.32. The molecule has 2 N–H and O–H groups in total.